The second-order valence-corrected chi connectivity index (χ2v) is 2.33. The Morgan fingerprint density at radius 3 is 2.62 bits per heavy atom. The van der Waals surface area contributed by atoms with E-state index in [-0.39, 0.29) is 12.4 Å². The van der Waals surface area contributed by atoms with Gasteiger partial charge in [-0.15, -0.1) is 4.91 Å². The number of hydrogen-bond donors (Lipinski definition) is 2. The summed E-state index contributed by atoms with van der Waals surface area (Å²) >= 11 is 0. The standard InChI is InChI=1S/C6H8N4O3/c1-2-10-5(11)3(9-13)4(7)8-6(10)12/h2,7H2,1H3,(H,8,12). The Labute approximate surface area is 72.2 Å². The van der Waals surface area contributed by atoms with Gasteiger partial charge >= 0.3 is 5.69 Å². The lowest BCUT2D eigenvalue weighted by Crippen LogP contribution is -2.34. The van der Waals surface area contributed by atoms with Crippen molar-refractivity contribution in [2.45, 2.75) is 13.5 Å². The Morgan fingerprint density at radius 2 is 2.15 bits per heavy atom. The molecule has 7 heteroatoms. The molecule has 0 radical (unpaired) electrons. The summed E-state index contributed by atoms with van der Waals surface area (Å²) < 4.78 is 0.840. The molecule has 1 heterocycles. The molecule has 0 amide bonds. The predicted octanol–water partition coefficient (Wildman–Crippen LogP) is -0.463. The molecule has 0 aliphatic heterocycles. The zero-order chi connectivity index (χ0) is 10.0. The third-order valence-corrected chi connectivity index (χ3v) is 1.60. The van der Waals surface area contributed by atoms with Crippen LogP contribution in [0.5, 0.6) is 0 Å². The highest BCUT2D eigenvalue weighted by Crippen LogP contribution is 2.09. The van der Waals surface area contributed by atoms with E-state index in [9.17, 15) is 14.5 Å². The van der Waals surface area contributed by atoms with Gasteiger partial charge in [0.2, 0.25) is 5.69 Å². The number of nitrogen functional groups attached to an aromatic ring is 1. The molecule has 13 heavy (non-hydrogen) atoms. The van der Waals surface area contributed by atoms with E-state index < -0.39 is 16.9 Å². The second kappa shape index (κ2) is 3.21. The average molecular weight is 184 g/mol. The number of nitroso groups, excluding NO2 is 1. The Balaban J connectivity index is 3.68. The molecule has 0 saturated carbocycles. The smallest absolute Gasteiger partial charge is 0.330 e. The largest absolute Gasteiger partial charge is 0.383 e. The van der Waals surface area contributed by atoms with Crippen molar-refractivity contribution < 1.29 is 0 Å². The molecule has 0 fully saturated rings. The summed E-state index contributed by atoms with van der Waals surface area (Å²) in [7, 11) is 0. The quantitative estimate of drug-likeness (QED) is 0.605. The fraction of sp³-hybridized carbons (Fsp3) is 0.333. The summed E-state index contributed by atoms with van der Waals surface area (Å²) in [6.45, 7) is 1.76. The van der Waals surface area contributed by atoms with Gasteiger partial charge < -0.3 is 5.73 Å². The Kier molecular flexibility index (Phi) is 2.27. The monoisotopic (exact) mass is 184 g/mol. The van der Waals surface area contributed by atoms with Gasteiger partial charge in [0.1, 0.15) is 5.82 Å². The number of H-pyrrole nitrogens is 1. The van der Waals surface area contributed by atoms with Crippen molar-refractivity contribution in [2.75, 3.05) is 5.73 Å². The van der Waals surface area contributed by atoms with Gasteiger partial charge in [-0.25, -0.2) is 4.79 Å². The van der Waals surface area contributed by atoms with Crippen LogP contribution >= 0.6 is 0 Å². The van der Waals surface area contributed by atoms with Crippen LogP contribution in [0.25, 0.3) is 0 Å². The first-order chi connectivity index (χ1) is 6.11. The molecule has 1 rings (SSSR count). The third kappa shape index (κ3) is 1.35. The van der Waals surface area contributed by atoms with Gasteiger partial charge in [0.15, 0.2) is 0 Å². The highest BCUT2D eigenvalue weighted by molar-refractivity contribution is 5.54. The summed E-state index contributed by atoms with van der Waals surface area (Å²) in [6.07, 6.45) is 0. The van der Waals surface area contributed by atoms with Gasteiger partial charge in [-0.1, -0.05) is 0 Å². The van der Waals surface area contributed by atoms with Crippen molar-refractivity contribution in [3.05, 3.63) is 25.7 Å². The van der Waals surface area contributed by atoms with E-state index in [0.717, 1.165) is 4.57 Å². The molecule has 0 saturated heterocycles. The van der Waals surface area contributed by atoms with Crippen molar-refractivity contribution in [1.82, 2.24) is 9.55 Å². The first-order valence-electron chi connectivity index (χ1n) is 3.57. The number of nitrogens with two attached hydrogens (primary N) is 1. The zero-order valence-electron chi connectivity index (χ0n) is 6.90. The van der Waals surface area contributed by atoms with Crippen molar-refractivity contribution >= 4 is 11.5 Å². The number of rotatable bonds is 2. The van der Waals surface area contributed by atoms with E-state index in [4.69, 9.17) is 5.73 Å². The highest BCUT2D eigenvalue weighted by atomic mass is 16.3. The molecule has 70 valence electrons. The van der Waals surface area contributed by atoms with Crippen LogP contribution in [0.3, 0.4) is 0 Å². The van der Waals surface area contributed by atoms with Gasteiger partial charge in [0.05, 0.1) is 0 Å². The van der Waals surface area contributed by atoms with Crippen LogP contribution in [-0.2, 0) is 6.54 Å². The molecule has 0 aliphatic rings. The number of hydrogen-bond acceptors (Lipinski definition) is 5. The van der Waals surface area contributed by atoms with E-state index in [1.54, 1.807) is 6.92 Å². The van der Waals surface area contributed by atoms with Crippen LogP contribution < -0.4 is 17.0 Å². The molecule has 0 atom stereocenters. The van der Waals surface area contributed by atoms with E-state index in [1.807, 2.05) is 0 Å². The summed E-state index contributed by atoms with van der Waals surface area (Å²) in [4.78, 5) is 34.6. The minimum Gasteiger partial charge on any atom is -0.383 e. The summed E-state index contributed by atoms with van der Waals surface area (Å²) in [5.74, 6) is -0.297. The lowest BCUT2D eigenvalue weighted by atomic mass is 10.4. The topological polar surface area (TPSA) is 110 Å². The van der Waals surface area contributed by atoms with Crippen LogP contribution in [0.2, 0.25) is 0 Å². The number of anilines is 1. The zero-order valence-corrected chi connectivity index (χ0v) is 6.90. The van der Waals surface area contributed by atoms with Crippen LogP contribution in [-0.4, -0.2) is 9.55 Å². The molecular formula is C6H8N4O3. The second-order valence-electron chi connectivity index (χ2n) is 2.33. The number of aromatic amines is 1. The van der Waals surface area contributed by atoms with Crippen LogP contribution in [0.1, 0.15) is 6.92 Å². The molecule has 1 aromatic heterocycles. The van der Waals surface area contributed by atoms with Crippen LogP contribution in [0.15, 0.2) is 14.8 Å². The third-order valence-electron chi connectivity index (χ3n) is 1.60. The Morgan fingerprint density at radius 1 is 1.54 bits per heavy atom. The van der Waals surface area contributed by atoms with Crippen LogP contribution in [0.4, 0.5) is 11.5 Å². The lowest BCUT2D eigenvalue weighted by Gasteiger charge is -2.01. The maximum atomic E-state index is 11.2. The van der Waals surface area contributed by atoms with E-state index >= 15 is 0 Å². The Bertz CT molecular complexity index is 444. The minimum atomic E-state index is -0.765. The molecule has 3 N–H and O–H groups in total. The lowest BCUT2D eigenvalue weighted by molar-refractivity contribution is 0.676. The number of aromatic nitrogens is 2. The van der Waals surface area contributed by atoms with Crippen molar-refractivity contribution in [3.8, 4) is 0 Å². The highest BCUT2D eigenvalue weighted by Gasteiger charge is 2.10. The molecule has 1 aromatic rings. The minimum absolute atomic E-state index is 0.164. The summed E-state index contributed by atoms with van der Waals surface area (Å²) in [5, 5.41) is 2.44. The fourth-order valence-corrected chi connectivity index (χ4v) is 0.953. The fourth-order valence-electron chi connectivity index (χ4n) is 0.953. The predicted molar refractivity (Wildman–Crippen MR) is 46.9 cm³/mol. The van der Waals surface area contributed by atoms with Crippen molar-refractivity contribution in [3.63, 3.8) is 0 Å². The SMILES string of the molecule is CCn1c(=O)[nH]c(N)c(N=O)c1=O. The molecule has 7 nitrogen and oxygen atoms in total. The average Bonchev–Trinajstić information content (AvgIpc) is 2.04. The molecule has 0 bridgehead atoms. The van der Waals surface area contributed by atoms with Gasteiger partial charge in [0.25, 0.3) is 5.56 Å². The van der Waals surface area contributed by atoms with Crippen LogP contribution in [0, 0.1) is 4.91 Å². The Hall–Kier alpha value is -1.92. The first kappa shape index (κ1) is 9.17. The molecule has 0 spiro atoms. The van der Waals surface area contributed by atoms with E-state index in [2.05, 4.69) is 10.2 Å². The molecule has 0 unspecified atom stereocenters. The van der Waals surface area contributed by atoms with E-state index in [1.165, 1.54) is 0 Å². The first-order valence-corrected chi connectivity index (χ1v) is 3.57. The van der Waals surface area contributed by atoms with Crippen molar-refractivity contribution in [1.29, 1.82) is 0 Å². The molecule has 0 aromatic carbocycles. The van der Waals surface area contributed by atoms with Gasteiger partial charge in [-0.2, -0.15) is 0 Å². The number of nitrogens with zero attached hydrogens (tertiary/aromatic N) is 2. The molecule has 0 aliphatic carbocycles. The van der Waals surface area contributed by atoms with Crippen molar-refractivity contribution in [2.24, 2.45) is 5.18 Å². The maximum absolute atomic E-state index is 11.2. The normalized spacial score (nSPS) is 9.92. The number of nitrogens with one attached hydrogen (secondary N) is 1. The van der Waals surface area contributed by atoms with Gasteiger partial charge in [0, 0.05) is 6.54 Å². The molecular weight excluding hydrogens is 176 g/mol. The summed E-state index contributed by atoms with van der Waals surface area (Å²) in [6, 6.07) is 0. The maximum Gasteiger partial charge on any atom is 0.330 e. The van der Waals surface area contributed by atoms with E-state index in [0.29, 0.717) is 0 Å². The van der Waals surface area contributed by atoms with Gasteiger partial charge in [-0.3, -0.25) is 14.3 Å². The summed E-state index contributed by atoms with van der Waals surface area (Å²) in [5.41, 5.74) is 3.33. The van der Waals surface area contributed by atoms with Gasteiger partial charge in [-0.05, 0) is 12.1 Å².